The minimum atomic E-state index is -0.0857. The maximum absolute atomic E-state index is 11.7. The molecule has 1 saturated heterocycles. The standard InChI is InChI=1S/C15H21NO4S/c17-15(13-4-8-18-9-5-13)20-12-21-10-2-7-19-14-3-1-6-16-11-14/h1,3,6,11,13H,2,4-5,7-10,12H2. The fraction of sp³-hybridized carbons (Fsp3) is 0.600. The van der Waals surface area contributed by atoms with Gasteiger partial charge in [0.05, 0.1) is 18.7 Å². The van der Waals surface area contributed by atoms with Crippen molar-refractivity contribution in [1.82, 2.24) is 4.98 Å². The van der Waals surface area contributed by atoms with Crippen LogP contribution >= 0.6 is 11.8 Å². The van der Waals surface area contributed by atoms with Gasteiger partial charge in [0.15, 0.2) is 0 Å². The molecule has 1 aromatic rings. The van der Waals surface area contributed by atoms with Gasteiger partial charge in [0, 0.05) is 19.4 Å². The molecule has 21 heavy (non-hydrogen) atoms. The molecule has 1 aliphatic heterocycles. The van der Waals surface area contributed by atoms with E-state index < -0.39 is 0 Å². The first kappa shape index (κ1) is 16.1. The smallest absolute Gasteiger partial charge is 0.309 e. The minimum absolute atomic E-state index is 0.0215. The van der Waals surface area contributed by atoms with Gasteiger partial charge < -0.3 is 14.2 Å². The second kappa shape index (κ2) is 9.63. The quantitative estimate of drug-likeness (QED) is 0.418. The van der Waals surface area contributed by atoms with Crippen LogP contribution in [0.1, 0.15) is 19.3 Å². The summed E-state index contributed by atoms with van der Waals surface area (Å²) < 4.78 is 16.0. The lowest BCUT2D eigenvalue weighted by Crippen LogP contribution is -2.25. The number of pyridine rings is 1. The predicted molar refractivity (Wildman–Crippen MR) is 81.3 cm³/mol. The van der Waals surface area contributed by atoms with E-state index in [1.165, 1.54) is 0 Å². The highest BCUT2D eigenvalue weighted by Crippen LogP contribution is 2.17. The average molecular weight is 311 g/mol. The van der Waals surface area contributed by atoms with Gasteiger partial charge in [-0.3, -0.25) is 9.78 Å². The molecule has 0 spiro atoms. The van der Waals surface area contributed by atoms with E-state index in [4.69, 9.17) is 14.2 Å². The molecule has 1 aliphatic rings. The van der Waals surface area contributed by atoms with Crippen molar-refractivity contribution in [2.24, 2.45) is 5.92 Å². The Balaban J connectivity index is 1.45. The lowest BCUT2D eigenvalue weighted by atomic mass is 10.0. The van der Waals surface area contributed by atoms with Crippen LogP contribution in [0.3, 0.4) is 0 Å². The van der Waals surface area contributed by atoms with Crippen LogP contribution in [-0.2, 0) is 14.3 Å². The highest BCUT2D eigenvalue weighted by molar-refractivity contribution is 7.99. The van der Waals surface area contributed by atoms with Crippen molar-refractivity contribution in [2.45, 2.75) is 19.3 Å². The number of rotatable bonds is 8. The summed E-state index contributed by atoms with van der Waals surface area (Å²) in [4.78, 5) is 15.7. The highest BCUT2D eigenvalue weighted by Gasteiger charge is 2.22. The van der Waals surface area contributed by atoms with Crippen molar-refractivity contribution in [3.63, 3.8) is 0 Å². The van der Waals surface area contributed by atoms with E-state index in [2.05, 4.69) is 4.98 Å². The van der Waals surface area contributed by atoms with Crippen LogP contribution in [0.4, 0.5) is 0 Å². The number of carbonyl (C=O) groups is 1. The Kier molecular flexibility index (Phi) is 7.38. The summed E-state index contributed by atoms with van der Waals surface area (Å²) >= 11 is 1.61. The van der Waals surface area contributed by atoms with E-state index in [-0.39, 0.29) is 11.9 Å². The van der Waals surface area contributed by atoms with Crippen LogP contribution in [0.15, 0.2) is 24.5 Å². The van der Waals surface area contributed by atoms with Gasteiger partial charge in [0.25, 0.3) is 0 Å². The molecule has 0 saturated carbocycles. The maximum atomic E-state index is 11.7. The molecule has 0 N–H and O–H groups in total. The van der Waals surface area contributed by atoms with E-state index in [0.29, 0.717) is 25.8 Å². The van der Waals surface area contributed by atoms with E-state index in [1.807, 2.05) is 12.1 Å². The molecule has 1 fully saturated rings. The van der Waals surface area contributed by atoms with Crippen LogP contribution in [0, 0.1) is 5.92 Å². The van der Waals surface area contributed by atoms with Crippen LogP contribution in [0.5, 0.6) is 5.75 Å². The molecule has 2 rings (SSSR count). The number of hydrogen-bond donors (Lipinski definition) is 0. The molecule has 0 aromatic carbocycles. The summed E-state index contributed by atoms with van der Waals surface area (Å²) in [5.74, 6) is 2.05. The number of nitrogens with zero attached hydrogens (tertiary/aromatic N) is 1. The molecular formula is C15H21NO4S. The molecule has 116 valence electrons. The van der Waals surface area contributed by atoms with Crippen molar-refractivity contribution in [1.29, 1.82) is 0 Å². The minimum Gasteiger partial charge on any atom is -0.492 e. The Morgan fingerprint density at radius 3 is 3.05 bits per heavy atom. The molecule has 1 aromatic heterocycles. The van der Waals surface area contributed by atoms with E-state index >= 15 is 0 Å². The fourth-order valence-electron chi connectivity index (χ4n) is 1.99. The largest absolute Gasteiger partial charge is 0.492 e. The first-order valence-electron chi connectivity index (χ1n) is 7.21. The van der Waals surface area contributed by atoms with Gasteiger partial charge in [0.2, 0.25) is 0 Å². The van der Waals surface area contributed by atoms with Gasteiger partial charge in [-0.15, -0.1) is 11.8 Å². The molecule has 0 amide bonds. The summed E-state index contributed by atoms with van der Waals surface area (Å²) in [6, 6.07) is 3.73. The molecular weight excluding hydrogens is 290 g/mol. The van der Waals surface area contributed by atoms with Gasteiger partial charge >= 0.3 is 5.97 Å². The number of ether oxygens (including phenoxy) is 3. The Morgan fingerprint density at radius 1 is 1.43 bits per heavy atom. The summed E-state index contributed by atoms with van der Waals surface area (Å²) in [5.41, 5.74) is 0. The number of hydrogen-bond acceptors (Lipinski definition) is 6. The number of carbonyl (C=O) groups excluding carboxylic acids is 1. The van der Waals surface area contributed by atoms with Crippen molar-refractivity contribution < 1.29 is 19.0 Å². The van der Waals surface area contributed by atoms with Crippen LogP contribution < -0.4 is 4.74 Å². The third kappa shape index (κ3) is 6.35. The molecule has 2 heterocycles. The summed E-state index contributed by atoms with van der Waals surface area (Å²) in [6.45, 7) is 1.98. The topological polar surface area (TPSA) is 57.7 Å². The zero-order chi connectivity index (χ0) is 14.8. The molecule has 6 heteroatoms. The Bertz CT molecular complexity index is 409. The van der Waals surface area contributed by atoms with Crippen LogP contribution in [-0.4, -0.2) is 42.5 Å². The van der Waals surface area contributed by atoms with Crippen molar-refractivity contribution in [3.8, 4) is 5.75 Å². The lowest BCUT2D eigenvalue weighted by molar-refractivity contribution is -0.149. The normalized spacial score (nSPS) is 15.6. The third-order valence-electron chi connectivity index (χ3n) is 3.18. The number of aromatic nitrogens is 1. The highest BCUT2D eigenvalue weighted by atomic mass is 32.2. The van der Waals surface area contributed by atoms with Gasteiger partial charge in [-0.1, -0.05) is 0 Å². The first-order valence-corrected chi connectivity index (χ1v) is 8.36. The van der Waals surface area contributed by atoms with Gasteiger partial charge in [-0.05, 0) is 37.1 Å². The molecule has 5 nitrogen and oxygen atoms in total. The predicted octanol–water partition coefficient (Wildman–Crippen LogP) is 2.51. The van der Waals surface area contributed by atoms with Gasteiger partial charge in [-0.2, -0.15) is 0 Å². The Hall–Kier alpha value is -1.27. The number of esters is 1. The Morgan fingerprint density at radius 2 is 2.29 bits per heavy atom. The lowest BCUT2D eigenvalue weighted by Gasteiger charge is -2.20. The molecule has 0 unspecified atom stereocenters. The van der Waals surface area contributed by atoms with Crippen LogP contribution in [0.25, 0.3) is 0 Å². The Labute approximate surface area is 129 Å². The summed E-state index contributed by atoms with van der Waals surface area (Å²) in [6.07, 6.45) is 5.89. The van der Waals surface area contributed by atoms with Gasteiger partial charge in [-0.25, -0.2) is 0 Å². The molecule has 0 atom stereocenters. The van der Waals surface area contributed by atoms with Crippen LogP contribution in [0.2, 0.25) is 0 Å². The SMILES string of the molecule is O=C(OCSCCCOc1cccnc1)C1CCOCC1. The van der Waals surface area contributed by atoms with E-state index in [9.17, 15) is 4.79 Å². The van der Waals surface area contributed by atoms with Crippen molar-refractivity contribution in [2.75, 3.05) is 31.5 Å². The van der Waals surface area contributed by atoms with Crippen molar-refractivity contribution >= 4 is 17.7 Å². The molecule has 0 bridgehead atoms. The zero-order valence-corrected chi connectivity index (χ0v) is 12.8. The molecule has 0 aliphatic carbocycles. The maximum Gasteiger partial charge on any atom is 0.309 e. The fourth-order valence-corrected chi connectivity index (χ4v) is 2.63. The number of thioether (sulfide) groups is 1. The third-order valence-corrected chi connectivity index (χ3v) is 4.04. The van der Waals surface area contributed by atoms with E-state index in [1.54, 1.807) is 24.2 Å². The zero-order valence-electron chi connectivity index (χ0n) is 12.0. The summed E-state index contributed by atoms with van der Waals surface area (Å²) in [7, 11) is 0. The first-order chi connectivity index (χ1) is 10.4. The van der Waals surface area contributed by atoms with Crippen molar-refractivity contribution in [3.05, 3.63) is 24.5 Å². The van der Waals surface area contributed by atoms with E-state index in [0.717, 1.165) is 30.8 Å². The average Bonchev–Trinajstić information content (AvgIpc) is 2.55. The monoisotopic (exact) mass is 311 g/mol. The summed E-state index contributed by atoms with van der Waals surface area (Å²) in [5, 5.41) is 0. The van der Waals surface area contributed by atoms with Gasteiger partial charge in [0.1, 0.15) is 11.7 Å². The second-order valence-electron chi connectivity index (χ2n) is 4.77. The second-order valence-corrected chi connectivity index (χ2v) is 5.82. The molecule has 0 radical (unpaired) electrons.